The smallest absolute Gasteiger partial charge is 0.127 e. The highest BCUT2D eigenvalue weighted by Crippen LogP contribution is 2.23. The molecule has 0 aliphatic heterocycles. The van der Waals surface area contributed by atoms with Crippen LogP contribution in [0.3, 0.4) is 0 Å². The maximum atomic E-state index is 5.82. The highest BCUT2D eigenvalue weighted by Gasteiger charge is 2.01. The van der Waals surface area contributed by atoms with E-state index in [9.17, 15) is 0 Å². The summed E-state index contributed by atoms with van der Waals surface area (Å²) in [6, 6.07) is 16.3. The first kappa shape index (κ1) is 13.6. The van der Waals surface area contributed by atoms with Gasteiger partial charge in [-0.15, -0.1) is 0 Å². The molecule has 2 rings (SSSR count). The monoisotopic (exact) mass is 255 g/mol. The van der Waals surface area contributed by atoms with Gasteiger partial charge in [0.2, 0.25) is 0 Å². The first-order valence-corrected chi connectivity index (χ1v) is 6.81. The maximum absolute atomic E-state index is 5.82. The number of hydrogen-bond donors (Lipinski definition) is 1. The van der Waals surface area contributed by atoms with Crippen LogP contribution in [0.1, 0.15) is 37.4 Å². The molecule has 19 heavy (non-hydrogen) atoms. The Morgan fingerprint density at radius 2 is 1.47 bits per heavy atom. The Hall–Kier alpha value is -1.80. The van der Waals surface area contributed by atoms with Gasteiger partial charge in [0.05, 0.1) is 0 Å². The molecule has 0 saturated carbocycles. The summed E-state index contributed by atoms with van der Waals surface area (Å²) in [4.78, 5) is 0. The normalized spacial score (nSPS) is 12.2. The number of aryl methyl sites for hydroxylation is 1. The average Bonchev–Trinajstić information content (AvgIpc) is 2.42. The molecule has 0 fully saturated rings. The van der Waals surface area contributed by atoms with Gasteiger partial charge in [-0.25, -0.2) is 0 Å². The zero-order chi connectivity index (χ0) is 13.7. The summed E-state index contributed by atoms with van der Waals surface area (Å²) in [5.41, 5.74) is 8.29. The topological polar surface area (TPSA) is 35.2 Å². The van der Waals surface area contributed by atoms with Crippen molar-refractivity contribution in [3.8, 4) is 11.5 Å². The number of benzene rings is 2. The summed E-state index contributed by atoms with van der Waals surface area (Å²) < 4.78 is 5.81. The van der Waals surface area contributed by atoms with Gasteiger partial charge in [-0.1, -0.05) is 37.6 Å². The fourth-order valence-electron chi connectivity index (χ4n) is 1.99. The van der Waals surface area contributed by atoms with Crippen LogP contribution in [-0.2, 0) is 6.42 Å². The van der Waals surface area contributed by atoms with Crippen molar-refractivity contribution in [1.82, 2.24) is 0 Å². The Morgan fingerprint density at radius 1 is 0.947 bits per heavy atom. The van der Waals surface area contributed by atoms with Crippen LogP contribution in [0.2, 0.25) is 0 Å². The molecule has 0 aromatic heterocycles. The van der Waals surface area contributed by atoms with Crippen molar-refractivity contribution in [2.24, 2.45) is 5.73 Å². The zero-order valence-electron chi connectivity index (χ0n) is 11.6. The van der Waals surface area contributed by atoms with Crippen molar-refractivity contribution < 1.29 is 4.74 Å². The third-order valence-corrected chi connectivity index (χ3v) is 3.10. The van der Waals surface area contributed by atoms with Gasteiger partial charge in [0.15, 0.2) is 0 Å². The van der Waals surface area contributed by atoms with E-state index in [4.69, 9.17) is 10.5 Å². The van der Waals surface area contributed by atoms with E-state index < -0.39 is 0 Å². The summed E-state index contributed by atoms with van der Waals surface area (Å²) in [5.74, 6) is 1.71. The lowest BCUT2D eigenvalue weighted by Gasteiger charge is -2.09. The lowest BCUT2D eigenvalue weighted by Crippen LogP contribution is -2.04. The van der Waals surface area contributed by atoms with Crippen LogP contribution in [-0.4, -0.2) is 0 Å². The third-order valence-electron chi connectivity index (χ3n) is 3.10. The van der Waals surface area contributed by atoms with E-state index in [2.05, 4.69) is 19.1 Å². The molecule has 0 bridgehead atoms. The van der Waals surface area contributed by atoms with Crippen molar-refractivity contribution >= 4 is 0 Å². The molecule has 0 aliphatic carbocycles. The summed E-state index contributed by atoms with van der Waals surface area (Å²) in [7, 11) is 0. The Kier molecular flexibility index (Phi) is 4.58. The van der Waals surface area contributed by atoms with Crippen molar-refractivity contribution in [3.63, 3.8) is 0 Å². The van der Waals surface area contributed by atoms with Gasteiger partial charge in [0.1, 0.15) is 11.5 Å². The fraction of sp³-hybridized carbons (Fsp3) is 0.294. The standard InChI is InChI=1S/C17H21NO/c1-3-4-14-5-9-16(10-6-14)19-17-11-7-15(8-12-17)13(2)18/h5-13H,3-4,18H2,1-2H3. The molecule has 0 heterocycles. The van der Waals surface area contributed by atoms with Gasteiger partial charge in [-0.2, -0.15) is 0 Å². The van der Waals surface area contributed by atoms with Crippen molar-refractivity contribution in [2.75, 3.05) is 0 Å². The molecule has 0 aliphatic rings. The summed E-state index contributed by atoms with van der Waals surface area (Å²) in [6.45, 7) is 4.16. The Labute approximate surface area is 115 Å². The quantitative estimate of drug-likeness (QED) is 0.856. The summed E-state index contributed by atoms with van der Waals surface area (Å²) in [5, 5.41) is 0. The Morgan fingerprint density at radius 3 is 1.95 bits per heavy atom. The zero-order valence-corrected chi connectivity index (χ0v) is 11.6. The van der Waals surface area contributed by atoms with Crippen LogP contribution in [0.25, 0.3) is 0 Å². The maximum Gasteiger partial charge on any atom is 0.127 e. The number of rotatable bonds is 5. The molecule has 2 heteroatoms. The van der Waals surface area contributed by atoms with E-state index in [0.717, 1.165) is 23.5 Å². The van der Waals surface area contributed by atoms with E-state index in [-0.39, 0.29) is 6.04 Å². The predicted molar refractivity (Wildman–Crippen MR) is 79.6 cm³/mol. The van der Waals surface area contributed by atoms with E-state index in [1.54, 1.807) is 0 Å². The fourth-order valence-corrected chi connectivity index (χ4v) is 1.99. The lowest BCUT2D eigenvalue weighted by molar-refractivity contribution is 0.482. The Bertz CT molecular complexity index is 500. The van der Waals surface area contributed by atoms with Gasteiger partial charge in [-0.3, -0.25) is 0 Å². The molecule has 1 unspecified atom stereocenters. The van der Waals surface area contributed by atoms with Crippen LogP contribution in [0, 0.1) is 0 Å². The van der Waals surface area contributed by atoms with Gasteiger partial charge in [0.25, 0.3) is 0 Å². The second-order valence-electron chi connectivity index (χ2n) is 4.85. The van der Waals surface area contributed by atoms with Crippen LogP contribution >= 0.6 is 0 Å². The molecule has 100 valence electrons. The van der Waals surface area contributed by atoms with Crippen molar-refractivity contribution in [2.45, 2.75) is 32.7 Å². The molecular formula is C17H21NO. The minimum absolute atomic E-state index is 0.0578. The SMILES string of the molecule is CCCc1ccc(Oc2ccc(C(C)N)cc2)cc1. The largest absolute Gasteiger partial charge is 0.457 e. The summed E-state index contributed by atoms with van der Waals surface area (Å²) in [6.07, 6.45) is 2.28. The molecule has 2 N–H and O–H groups in total. The number of ether oxygens (including phenoxy) is 1. The first-order valence-electron chi connectivity index (χ1n) is 6.81. The van der Waals surface area contributed by atoms with E-state index in [0.29, 0.717) is 0 Å². The first-order chi connectivity index (χ1) is 9.19. The van der Waals surface area contributed by atoms with Crippen LogP contribution in [0.4, 0.5) is 0 Å². The molecule has 0 spiro atoms. The molecule has 2 nitrogen and oxygen atoms in total. The van der Waals surface area contributed by atoms with Crippen molar-refractivity contribution in [3.05, 3.63) is 59.7 Å². The van der Waals surface area contributed by atoms with Gasteiger partial charge in [0, 0.05) is 6.04 Å². The van der Waals surface area contributed by atoms with E-state index in [1.807, 2.05) is 43.3 Å². The van der Waals surface area contributed by atoms with E-state index in [1.165, 1.54) is 12.0 Å². The van der Waals surface area contributed by atoms with Crippen molar-refractivity contribution in [1.29, 1.82) is 0 Å². The third kappa shape index (κ3) is 3.83. The molecule has 2 aromatic rings. The second kappa shape index (κ2) is 6.39. The highest BCUT2D eigenvalue weighted by atomic mass is 16.5. The van der Waals surface area contributed by atoms with Gasteiger partial charge < -0.3 is 10.5 Å². The number of hydrogen-bond acceptors (Lipinski definition) is 2. The molecule has 2 aromatic carbocycles. The van der Waals surface area contributed by atoms with Crippen LogP contribution < -0.4 is 10.5 Å². The van der Waals surface area contributed by atoms with E-state index >= 15 is 0 Å². The minimum Gasteiger partial charge on any atom is -0.457 e. The van der Waals surface area contributed by atoms with Crippen LogP contribution in [0.15, 0.2) is 48.5 Å². The molecule has 0 saturated heterocycles. The Balaban J connectivity index is 2.04. The molecule has 1 atom stereocenters. The lowest BCUT2D eigenvalue weighted by atomic mass is 10.1. The number of nitrogens with two attached hydrogens (primary N) is 1. The second-order valence-corrected chi connectivity index (χ2v) is 4.85. The van der Waals surface area contributed by atoms with Crippen LogP contribution in [0.5, 0.6) is 11.5 Å². The molecule has 0 amide bonds. The highest BCUT2D eigenvalue weighted by molar-refractivity contribution is 5.35. The summed E-state index contributed by atoms with van der Waals surface area (Å²) >= 11 is 0. The molecule has 0 radical (unpaired) electrons. The van der Waals surface area contributed by atoms with Gasteiger partial charge >= 0.3 is 0 Å². The minimum atomic E-state index is 0.0578. The molecular weight excluding hydrogens is 234 g/mol. The predicted octanol–water partition coefficient (Wildman–Crippen LogP) is 4.45. The average molecular weight is 255 g/mol. The van der Waals surface area contributed by atoms with Gasteiger partial charge in [-0.05, 0) is 48.7 Å².